The summed E-state index contributed by atoms with van der Waals surface area (Å²) in [5.74, 6) is -1.32. The first-order valence-electron chi connectivity index (χ1n) is 5.97. The number of benzene rings is 1. The second-order valence-electron chi connectivity index (χ2n) is 4.28. The molecule has 0 bridgehead atoms. The van der Waals surface area contributed by atoms with Gasteiger partial charge in [-0.1, -0.05) is 17.7 Å². The van der Waals surface area contributed by atoms with E-state index in [2.05, 4.69) is 15.8 Å². The summed E-state index contributed by atoms with van der Waals surface area (Å²) in [5.41, 5.74) is 3.87. The number of H-pyrrole nitrogens is 2. The molecule has 8 heteroatoms. The van der Waals surface area contributed by atoms with Crippen LogP contribution >= 0.6 is 0 Å². The van der Waals surface area contributed by atoms with Gasteiger partial charge in [-0.15, -0.1) is 0 Å². The highest BCUT2D eigenvalue weighted by Gasteiger charge is 2.10. The van der Waals surface area contributed by atoms with E-state index in [0.717, 1.165) is 11.6 Å². The molecule has 1 heterocycles. The zero-order valence-corrected chi connectivity index (χ0v) is 11.0. The van der Waals surface area contributed by atoms with Crippen LogP contribution in [0, 0.1) is 6.92 Å². The van der Waals surface area contributed by atoms with Crippen LogP contribution in [0.4, 0.5) is 0 Å². The maximum atomic E-state index is 11.8. The van der Waals surface area contributed by atoms with Gasteiger partial charge in [0.25, 0.3) is 17.4 Å². The topological polar surface area (TPSA) is 124 Å². The second kappa shape index (κ2) is 5.87. The first kappa shape index (κ1) is 14.3. The summed E-state index contributed by atoms with van der Waals surface area (Å²) < 4.78 is 0. The van der Waals surface area contributed by atoms with E-state index in [-0.39, 0.29) is 5.69 Å². The van der Waals surface area contributed by atoms with Crippen molar-refractivity contribution in [1.82, 2.24) is 20.8 Å². The van der Waals surface area contributed by atoms with E-state index in [9.17, 15) is 19.2 Å². The summed E-state index contributed by atoms with van der Waals surface area (Å²) in [5, 5.41) is 0. The second-order valence-corrected chi connectivity index (χ2v) is 4.28. The number of hydrogen-bond acceptors (Lipinski definition) is 4. The lowest BCUT2D eigenvalue weighted by molar-refractivity contribution is 0.0843. The fourth-order valence-electron chi connectivity index (χ4n) is 1.55. The number of carbonyl (C=O) groups excluding carboxylic acids is 2. The smallest absolute Gasteiger partial charge is 0.303 e. The first-order chi connectivity index (χ1) is 9.95. The van der Waals surface area contributed by atoms with E-state index in [4.69, 9.17) is 0 Å². The summed E-state index contributed by atoms with van der Waals surface area (Å²) in [4.78, 5) is 49.6. The molecule has 2 rings (SSSR count). The molecule has 0 saturated heterocycles. The number of hydrazine groups is 1. The van der Waals surface area contributed by atoms with Crippen LogP contribution < -0.4 is 22.1 Å². The minimum atomic E-state index is -0.808. The van der Waals surface area contributed by atoms with Crippen molar-refractivity contribution in [3.63, 3.8) is 0 Å². The highest BCUT2D eigenvalue weighted by Crippen LogP contribution is 2.02. The van der Waals surface area contributed by atoms with Crippen molar-refractivity contribution in [2.24, 2.45) is 0 Å². The van der Waals surface area contributed by atoms with Crippen molar-refractivity contribution < 1.29 is 9.59 Å². The fourth-order valence-corrected chi connectivity index (χ4v) is 1.55. The van der Waals surface area contributed by atoms with Gasteiger partial charge < -0.3 is 4.98 Å². The van der Waals surface area contributed by atoms with Gasteiger partial charge in [0.1, 0.15) is 5.69 Å². The van der Waals surface area contributed by atoms with E-state index in [0.29, 0.717) is 5.56 Å². The summed E-state index contributed by atoms with van der Waals surface area (Å²) in [6.07, 6.45) is 0. The van der Waals surface area contributed by atoms with E-state index in [1.807, 2.05) is 11.9 Å². The standard InChI is InChI=1S/C13H12N4O4/c1-7-2-4-8(5-3-7)11(19)16-17-12(20)9-6-10(18)15-13(21)14-9/h2-6H,1H3,(H,16,19)(H,17,20)(H2,14,15,18,21). The van der Waals surface area contributed by atoms with Gasteiger partial charge in [-0.25, -0.2) is 4.79 Å². The number of amides is 2. The SMILES string of the molecule is Cc1ccc(C(=O)NNC(=O)c2cc(=O)[nH]c(=O)[nH]2)cc1. The predicted molar refractivity (Wildman–Crippen MR) is 73.8 cm³/mol. The molecular weight excluding hydrogens is 276 g/mol. The quantitative estimate of drug-likeness (QED) is 0.553. The van der Waals surface area contributed by atoms with E-state index < -0.39 is 23.1 Å². The Balaban J connectivity index is 2.04. The molecule has 2 aromatic rings. The molecule has 2 amide bonds. The average molecular weight is 288 g/mol. The monoisotopic (exact) mass is 288 g/mol. The van der Waals surface area contributed by atoms with Crippen LogP contribution in [0.25, 0.3) is 0 Å². The third-order valence-electron chi connectivity index (χ3n) is 2.61. The van der Waals surface area contributed by atoms with Crippen molar-refractivity contribution >= 4 is 11.8 Å². The van der Waals surface area contributed by atoms with E-state index >= 15 is 0 Å². The molecule has 0 atom stereocenters. The molecule has 0 saturated carbocycles. The lowest BCUT2D eigenvalue weighted by Crippen LogP contribution is -2.43. The number of aromatic amines is 2. The van der Waals surface area contributed by atoms with E-state index in [1.54, 1.807) is 24.3 Å². The summed E-state index contributed by atoms with van der Waals surface area (Å²) in [6.45, 7) is 1.88. The summed E-state index contributed by atoms with van der Waals surface area (Å²) in [7, 11) is 0. The molecule has 0 unspecified atom stereocenters. The number of nitrogens with one attached hydrogen (secondary N) is 4. The van der Waals surface area contributed by atoms with Gasteiger partial charge in [0.05, 0.1) is 0 Å². The molecule has 8 nitrogen and oxygen atoms in total. The molecule has 4 N–H and O–H groups in total. The third kappa shape index (κ3) is 3.66. The van der Waals surface area contributed by atoms with Crippen molar-refractivity contribution in [2.45, 2.75) is 6.92 Å². The van der Waals surface area contributed by atoms with Gasteiger partial charge >= 0.3 is 5.69 Å². The van der Waals surface area contributed by atoms with Gasteiger partial charge in [0.2, 0.25) is 0 Å². The lowest BCUT2D eigenvalue weighted by atomic mass is 10.1. The highest BCUT2D eigenvalue weighted by molar-refractivity contribution is 5.98. The number of carbonyl (C=O) groups is 2. The molecule has 21 heavy (non-hydrogen) atoms. The van der Waals surface area contributed by atoms with Crippen LogP contribution in [-0.2, 0) is 0 Å². The van der Waals surface area contributed by atoms with Crippen LogP contribution in [0.1, 0.15) is 26.4 Å². The minimum Gasteiger partial charge on any atom is -0.303 e. The van der Waals surface area contributed by atoms with Crippen molar-refractivity contribution in [2.75, 3.05) is 0 Å². The molecule has 0 radical (unpaired) electrons. The molecule has 1 aromatic carbocycles. The highest BCUT2D eigenvalue weighted by atomic mass is 16.2. The maximum absolute atomic E-state index is 11.8. The van der Waals surface area contributed by atoms with Crippen molar-refractivity contribution in [3.05, 3.63) is 68.0 Å². The van der Waals surface area contributed by atoms with Gasteiger partial charge in [-0.2, -0.15) is 0 Å². The van der Waals surface area contributed by atoms with Gasteiger partial charge in [-0.05, 0) is 19.1 Å². The number of aryl methyl sites for hydroxylation is 1. The number of rotatable bonds is 2. The Kier molecular flexibility index (Phi) is 3.98. The Labute approximate surface area is 118 Å². The normalized spacial score (nSPS) is 9.95. The Bertz CT molecular complexity index is 761. The first-order valence-corrected chi connectivity index (χ1v) is 5.97. The van der Waals surface area contributed by atoms with Gasteiger partial charge in [-0.3, -0.25) is 30.2 Å². The van der Waals surface area contributed by atoms with Crippen molar-refractivity contribution in [3.8, 4) is 0 Å². The maximum Gasteiger partial charge on any atom is 0.326 e. The molecule has 1 aromatic heterocycles. The molecule has 108 valence electrons. The third-order valence-corrected chi connectivity index (χ3v) is 2.61. The Morgan fingerprint density at radius 3 is 2.19 bits per heavy atom. The zero-order valence-electron chi connectivity index (χ0n) is 11.0. The van der Waals surface area contributed by atoms with E-state index in [1.165, 1.54) is 0 Å². The Hall–Kier alpha value is -3.16. The van der Waals surface area contributed by atoms with Crippen LogP contribution in [-0.4, -0.2) is 21.8 Å². The number of hydrogen-bond donors (Lipinski definition) is 4. The molecule has 0 spiro atoms. The average Bonchev–Trinajstić information content (AvgIpc) is 2.44. The van der Waals surface area contributed by atoms with Crippen LogP contribution in [0.2, 0.25) is 0 Å². The Morgan fingerprint density at radius 1 is 0.952 bits per heavy atom. The largest absolute Gasteiger partial charge is 0.326 e. The molecule has 0 fully saturated rings. The van der Waals surface area contributed by atoms with Crippen LogP contribution in [0.3, 0.4) is 0 Å². The van der Waals surface area contributed by atoms with Crippen LogP contribution in [0.15, 0.2) is 39.9 Å². The predicted octanol–water partition coefficient (Wildman–Crippen LogP) is -0.554. The van der Waals surface area contributed by atoms with Gasteiger partial charge in [0, 0.05) is 11.6 Å². The number of aromatic nitrogens is 2. The molecular formula is C13H12N4O4. The molecule has 0 aliphatic carbocycles. The Morgan fingerprint density at radius 2 is 1.57 bits per heavy atom. The van der Waals surface area contributed by atoms with Gasteiger partial charge in [0.15, 0.2) is 0 Å². The molecule has 0 aliphatic heterocycles. The fraction of sp³-hybridized carbons (Fsp3) is 0.0769. The zero-order chi connectivity index (χ0) is 15.4. The summed E-state index contributed by atoms with van der Waals surface area (Å²) >= 11 is 0. The molecule has 0 aliphatic rings. The summed E-state index contributed by atoms with van der Waals surface area (Å²) in [6, 6.07) is 7.63. The lowest BCUT2D eigenvalue weighted by Gasteiger charge is -2.07. The minimum absolute atomic E-state index is 0.257. The van der Waals surface area contributed by atoms with Crippen molar-refractivity contribution in [1.29, 1.82) is 0 Å². The van der Waals surface area contributed by atoms with Crippen LogP contribution in [0.5, 0.6) is 0 Å².